The lowest BCUT2D eigenvalue weighted by molar-refractivity contribution is 0.626. The monoisotopic (exact) mass is 431 g/mol. The average molecular weight is 431 g/mol. The van der Waals surface area contributed by atoms with E-state index in [0.717, 1.165) is 17.0 Å². The molecule has 0 amide bonds. The summed E-state index contributed by atoms with van der Waals surface area (Å²) in [5, 5.41) is 9.64. The second-order valence-corrected chi connectivity index (χ2v) is 7.10. The van der Waals surface area contributed by atoms with Crippen LogP contribution in [0.5, 0.6) is 0 Å². The molecular formula is C22H22FN9. The molecule has 3 heterocycles. The maximum Gasteiger partial charge on any atom is 0.227 e. The van der Waals surface area contributed by atoms with E-state index >= 15 is 0 Å². The number of rotatable bonds is 8. The van der Waals surface area contributed by atoms with E-state index in [4.69, 9.17) is 0 Å². The minimum Gasteiger partial charge on any atom is -0.364 e. The average Bonchev–Trinajstić information content (AvgIpc) is 2.80. The van der Waals surface area contributed by atoms with Gasteiger partial charge in [-0.3, -0.25) is 15.0 Å². The Hall–Kier alpha value is -4.21. The van der Waals surface area contributed by atoms with Crippen LogP contribution in [0.25, 0.3) is 0 Å². The van der Waals surface area contributed by atoms with Gasteiger partial charge in [-0.2, -0.15) is 9.97 Å². The molecule has 1 aromatic carbocycles. The van der Waals surface area contributed by atoms with Crippen LogP contribution in [0.2, 0.25) is 0 Å². The van der Waals surface area contributed by atoms with E-state index in [1.807, 2.05) is 13.8 Å². The first kappa shape index (κ1) is 21.0. The molecule has 0 bridgehead atoms. The Kier molecular flexibility index (Phi) is 6.40. The zero-order valence-corrected chi connectivity index (χ0v) is 17.6. The molecule has 32 heavy (non-hydrogen) atoms. The van der Waals surface area contributed by atoms with Crippen molar-refractivity contribution in [2.45, 2.75) is 26.4 Å². The van der Waals surface area contributed by atoms with Crippen molar-refractivity contribution in [3.05, 3.63) is 84.1 Å². The third-order valence-electron chi connectivity index (χ3n) is 4.55. The number of benzene rings is 1. The van der Waals surface area contributed by atoms with Crippen molar-refractivity contribution < 1.29 is 4.39 Å². The molecule has 0 aliphatic heterocycles. The summed E-state index contributed by atoms with van der Waals surface area (Å²) in [6, 6.07) is 7.93. The van der Waals surface area contributed by atoms with Gasteiger partial charge in [-0.05, 0) is 31.5 Å². The van der Waals surface area contributed by atoms with Gasteiger partial charge in [0.2, 0.25) is 5.95 Å². The highest BCUT2D eigenvalue weighted by atomic mass is 19.1. The number of nitrogens with one attached hydrogen (secondary N) is 3. The molecule has 10 heteroatoms. The fourth-order valence-electron chi connectivity index (χ4n) is 2.88. The maximum absolute atomic E-state index is 13.3. The summed E-state index contributed by atoms with van der Waals surface area (Å²) < 4.78 is 13.3. The van der Waals surface area contributed by atoms with E-state index in [1.54, 1.807) is 49.2 Å². The molecule has 0 aliphatic rings. The van der Waals surface area contributed by atoms with E-state index < -0.39 is 0 Å². The van der Waals surface area contributed by atoms with Crippen molar-refractivity contribution in [2.24, 2.45) is 0 Å². The molecule has 0 aliphatic carbocycles. The van der Waals surface area contributed by atoms with Crippen molar-refractivity contribution >= 4 is 23.4 Å². The van der Waals surface area contributed by atoms with E-state index in [9.17, 15) is 4.39 Å². The Morgan fingerprint density at radius 2 is 1.72 bits per heavy atom. The van der Waals surface area contributed by atoms with Gasteiger partial charge < -0.3 is 16.0 Å². The van der Waals surface area contributed by atoms with Gasteiger partial charge in [0.25, 0.3) is 0 Å². The first-order valence-electron chi connectivity index (χ1n) is 10.0. The highest BCUT2D eigenvalue weighted by Gasteiger charge is 2.11. The number of hydrogen-bond acceptors (Lipinski definition) is 9. The molecule has 3 N–H and O–H groups in total. The standard InChI is InChI=1S/C22H22FN9/c1-14-10-27-18(11-26-14)12-28-19-9-20(30-21-13-24-7-8-25-21)32-22(31-19)29-15(2)16-3-5-17(23)6-4-16/h3-11,13,15H,12H2,1-2H3,(H3,25,28,29,30,31,32). The van der Waals surface area contributed by atoms with Gasteiger partial charge in [0.1, 0.15) is 23.3 Å². The van der Waals surface area contributed by atoms with Crippen LogP contribution in [0.15, 0.2) is 61.3 Å². The van der Waals surface area contributed by atoms with E-state index in [2.05, 4.69) is 45.9 Å². The zero-order valence-electron chi connectivity index (χ0n) is 17.6. The third-order valence-corrected chi connectivity index (χ3v) is 4.55. The highest BCUT2D eigenvalue weighted by molar-refractivity contribution is 5.58. The lowest BCUT2D eigenvalue weighted by atomic mass is 10.1. The smallest absolute Gasteiger partial charge is 0.227 e. The van der Waals surface area contributed by atoms with Crippen molar-refractivity contribution in [1.29, 1.82) is 0 Å². The number of aryl methyl sites for hydroxylation is 1. The summed E-state index contributed by atoms with van der Waals surface area (Å²) >= 11 is 0. The van der Waals surface area contributed by atoms with Gasteiger partial charge in [0.15, 0.2) is 0 Å². The van der Waals surface area contributed by atoms with Crippen LogP contribution in [0.4, 0.5) is 27.8 Å². The molecular weight excluding hydrogens is 409 g/mol. The fourth-order valence-corrected chi connectivity index (χ4v) is 2.88. The lowest BCUT2D eigenvalue weighted by Gasteiger charge is -2.16. The van der Waals surface area contributed by atoms with Gasteiger partial charge in [-0.1, -0.05) is 12.1 Å². The number of aromatic nitrogens is 6. The Bertz CT molecular complexity index is 1150. The summed E-state index contributed by atoms with van der Waals surface area (Å²) in [7, 11) is 0. The molecule has 0 saturated heterocycles. The summed E-state index contributed by atoms with van der Waals surface area (Å²) in [4.78, 5) is 26.0. The van der Waals surface area contributed by atoms with Crippen LogP contribution in [-0.4, -0.2) is 29.9 Å². The van der Waals surface area contributed by atoms with Crippen LogP contribution in [0.3, 0.4) is 0 Å². The normalized spacial score (nSPS) is 11.6. The topological polar surface area (TPSA) is 113 Å². The summed E-state index contributed by atoms with van der Waals surface area (Å²) in [6.07, 6.45) is 8.23. The molecule has 0 saturated carbocycles. The van der Waals surface area contributed by atoms with Crippen molar-refractivity contribution in [2.75, 3.05) is 16.0 Å². The Labute approximate surface area is 184 Å². The first-order valence-corrected chi connectivity index (χ1v) is 10.0. The van der Waals surface area contributed by atoms with Crippen molar-refractivity contribution in [3.63, 3.8) is 0 Å². The predicted molar refractivity (Wildman–Crippen MR) is 120 cm³/mol. The van der Waals surface area contributed by atoms with Crippen LogP contribution >= 0.6 is 0 Å². The van der Waals surface area contributed by atoms with E-state index in [0.29, 0.717) is 29.9 Å². The minimum atomic E-state index is -0.280. The molecule has 4 rings (SSSR count). The predicted octanol–water partition coefficient (Wildman–Crippen LogP) is 4.03. The minimum absolute atomic E-state index is 0.141. The van der Waals surface area contributed by atoms with Gasteiger partial charge in [0, 0.05) is 24.7 Å². The first-order chi connectivity index (χ1) is 15.5. The number of hydrogen-bond donors (Lipinski definition) is 3. The molecule has 162 valence electrons. The molecule has 4 aromatic rings. The Morgan fingerprint density at radius 1 is 0.906 bits per heavy atom. The molecule has 9 nitrogen and oxygen atoms in total. The molecule has 3 aromatic heterocycles. The van der Waals surface area contributed by atoms with E-state index in [-0.39, 0.29) is 11.9 Å². The fraction of sp³-hybridized carbons (Fsp3) is 0.182. The zero-order chi connectivity index (χ0) is 22.3. The second-order valence-electron chi connectivity index (χ2n) is 7.10. The largest absolute Gasteiger partial charge is 0.364 e. The van der Waals surface area contributed by atoms with Gasteiger partial charge in [-0.15, -0.1) is 0 Å². The lowest BCUT2D eigenvalue weighted by Crippen LogP contribution is -2.12. The number of nitrogens with zero attached hydrogens (tertiary/aromatic N) is 6. The Balaban J connectivity index is 1.55. The highest BCUT2D eigenvalue weighted by Crippen LogP contribution is 2.22. The molecule has 0 radical (unpaired) electrons. The van der Waals surface area contributed by atoms with Crippen LogP contribution in [-0.2, 0) is 6.54 Å². The van der Waals surface area contributed by atoms with Crippen LogP contribution in [0.1, 0.15) is 29.9 Å². The summed E-state index contributed by atoms with van der Waals surface area (Å²) in [6.45, 7) is 4.29. The number of anilines is 4. The summed E-state index contributed by atoms with van der Waals surface area (Å²) in [5.41, 5.74) is 2.55. The Morgan fingerprint density at radius 3 is 2.44 bits per heavy atom. The SMILES string of the molecule is Cc1cnc(CNc2cc(Nc3cnccn3)nc(NC(C)c3ccc(F)cc3)n2)cn1. The maximum atomic E-state index is 13.3. The second kappa shape index (κ2) is 9.73. The molecule has 0 fully saturated rings. The van der Waals surface area contributed by atoms with Gasteiger partial charge in [-0.25, -0.2) is 9.37 Å². The summed E-state index contributed by atoms with van der Waals surface area (Å²) in [5.74, 6) is 1.79. The van der Waals surface area contributed by atoms with Crippen LogP contribution in [0, 0.1) is 12.7 Å². The van der Waals surface area contributed by atoms with Crippen molar-refractivity contribution in [1.82, 2.24) is 29.9 Å². The van der Waals surface area contributed by atoms with Crippen LogP contribution < -0.4 is 16.0 Å². The third kappa shape index (κ3) is 5.69. The van der Waals surface area contributed by atoms with Crippen molar-refractivity contribution in [3.8, 4) is 0 Å². The number of halogens is 1. The van der Waals surface area contributed by atoms with Gasteiger partial charge >= 0.3 is 0 Å². The quantitative estimate of drug-likeness (QED) is 0.380. The molecule has 1 unspecified atom stereocenters. The molecule has 0 spiro atoms. The van der Waals surface area contributed by atoms with Gasteiger partial charge in [0.05, 0.1) is 36.4 Å². The van der Waals surface area contributed by atoms with E-state index in [1.165, 1.54) is 12.1 Å². The molecule has 1 atom stereocenters.